The number of hydrogen-bond donors (Lipinski definition) is 1. The summed E-state index contributed by atoms with van der Waals surface area (Å²) >= 11 is 0. The van der Waals surface area contributed by atoms with Crippen molar-refractivity contribution in [1.29, 1.82) is 0 Å². The Kier molecular flexibility index (Phi) is 2.87. The van der Waals surface area contributed by atoms with Crippen LogP contribution in [0.3, 0.4) is 0 Å². The van der Waals surface area contributed by atoms with Gasteiger partial charge in [-0.05, 0) is 19.4 Å². The average Bonchev–Trinajstić information content (AvgIpc) is 2.86. The summed E-state index contributed by atoms with van der Waals surface area (Å²) in [7, 11) is 0. The maximum atomic E-state index is 5.72. The highest BCUT2D eigenvalue weighted by Gasteiger charge is 2.14. The SMILES string of the molecule is c1cn2cnnc2c(OCC2CCCCN2)n1. The summed E-state index contributed by atoms with van der Waals surface area (Å²) in [6.45, 7) is 1.72. The Balaban J connectivity index is 1.69. The molecule has 0 bridgehead atoms. The number of rotatable bonds is 3. The molecule has 6 heteroatoms. The van der Waals surface area contributed by atoms with Crippen LogP contribution < -0.4 is 10.1 Å². The van der Waals surface area contributed by atoms with Crippen molar-refractivity contribution in [1.82, 2.24) is 24.9 Å². The Hall–Kier alpha value is -1.69. The summed E-state index contributed by atoms with van der Waals surface area (Å²) in [4.78, 5) is 4.19. The predicted molar refractivity (Wildman–Crippen MR) is 61.9 cm³/mol. The molecule has 0 radical (unpaired) electrons. The molecule has 3 heterocycles. The molecule has 0 aliphatic carbocycles. The minimum absolute atomic E-state index is 0.425. The van der Waals surface area contributed by atoms with E-state index in [2.05, 4.69) is 20.5 Å². The van der Waals surface area contributed by atoms with E-state index in [-0.39, 0.29) is 0 Å². The molecule has 2 aromatic heterocycles. The summed E-state index contributed by atoms with van der Waals surface area (Å²) in [5.74, 6) is 0.553. The van der Waals surface area contributed by atoms with Crippen molar-refractivity contribution in [2.75, 3.05) is 13.2 Å². The van der Waals surface area contributed by atoms with Crippen molar-refractivity contribution >= 4 is 5.65 Å². The second-order valence-electron chi connectivity index (χ2n) is 4.25. The third kappa shape index (κ3) is 2.21. The molecule has 3 rings (SSSR count). The highest BCUT2D eigenvalue weighted by Crippen LogP contribution is 2.14. The highest BCUT2D eigenvalue weighted by atomic mass is 16.5. The Morgan fingerprint density at radius 2 is 2.47 bits per heavy atom. The zero-order valence-corrected chi connectivity index (χ0v) is 9.54. The van der Waals surface area contributed by atoms with Gasteiger partial charge in [-0.3, -0.25) is 4.40 Å². The van der Waals surface area contributed by atoms with Crippen LogP contribution in [0.5, 0.6) is 5.88 Å². The molecule has 1 fully saturated rings. The molecule has 6 nitrogen and oxygen atoms in total. The molecular formula is C11H15N5O. The Morgan fingerprint density at radius 3 is 3.35 bits per heavy atom. The number of ether oxygens (including phenoxy) is 1. The number of nitrogens with zero attached hydrogens (tertiary/aromatic N) is 4. The lowest BCUT2D eigenvalue weighted by Gasteiger charge is -2.23. The van der Waals surface area contributed by atoms with Gasteiger partial charge in [-0.2, -0.15) is 0 Å². The summed E-state index contributed by atoms with van der Waals surface area (Å²) in [5, 5.41) is 11.3. The van der Waals surface area contributed by atoms with Crippen LogP contribution >= 0.6 is 0 Å². The number of nitrogens with one attached hydrogen (secondary N) is 1. The normalized spacial score (nSPS) is 20.6. The van der Waals surface area contributed by atoms with Gasteiger partial charge in [0.05, 0.1) is 0 Å². The summed E-state index contributed by atoms with van der Waals surface area (Å²) in [6, 6.07) is 0.425. The van der Waals surface area contributed by atoms with Crippen LogP contribution in [0.2, 0.25) is 0 Å². The molecule has 1 N–H and O–H groups in total. The highest BCUT2D eigenvalue weighted by molar-refractivity contribution is 5.47. The van der Waals surface area contributed by atoms with E-state index in [1.54, 1.807) is 23.1 Å². The molecule has 1 atom stereocenters. The molecule has 0 amide bonds. The fraction of sp³-hybridized carbons (Fsp3) is 0.545. The van der Waals surface area contributed by atoms with E-state index in [4.69, 9.17) is 4.74 Å². The van der Waals surface area contributed by atoms with Gasteiger partial charge in [-0.1, -0.05) is 6.42 Å². The van der Waals surface area contributed by atoms with Gasteiger partial charge in [0.1, 0.15) is 12.9 Å². The van der Waals surface area contributed by atoms with Gasteiger partial charge in [-0.25, -0.2) is 4.98 Å². The van der Waals surface area contributed by atoms with Gasteiger partial charge < -0.3 is 10.1 Å². The fourth-order valence-electron chi connectivity index (χ4n) is 2.08. The van der Waals surface area contributed by atoms with Crippen molar-refractivity contribution in [2.45, 2.75) is 25.3 Å². The minimum atomic E-state index is 0.425. The molecule has 1 saturated heterocycles. The van der Waals surface area contributed by atoms with E-state index in [1.807, 2.05) is 0 Å². The number of aromatic nitrogens is 4. The van der Waals surface area contributed by atoms with E-state index in [0.717, 1.165) is 13.0 Å². The van der Waals surface area contributed by atoms with Gasteiger partial charge in [0, 0.05) is 18.4 Å². The molecule has 17 heavy (non-hydrogen) atoms. The van der Waals surface area contributed by atoms with Crippen molar-refractivity contribution in [3.8, 4) is 5.88 Å². The van der Waals surface area contributed by atoms with Crippen LogP contribution in [0, 0.1) is 0 Å². The lowest BCUT2D eigenvalue weighted by Crippen LogP contribution is -2.38. The average molecular weight is 233 g/mol. The van der Waals surface area contributed by atoms with Gasteiger partial charge in [0.15, 0.2) is 0 Å². The lowest BCUT2D eigenvalue weighted by atomic mass is 10.1. The topological polar surface area (TPSA) is 64.3 Å². The molecule has 0 saturated carbocycles. The van der Waals surface area contributed by atoms with Crippen molar-refractivity contribution < 1.29 is 4.74 Å². The van der Waals surface area contributed by atoms with Crippen LogP contribution in [0.1, 0.15) is 19.3 Å². The maximum absolute atomic E-state index is 5.72. The Morgan fingerprint density at radius 1 is 1.47 bits per heavy atom. The molecule has 2 aromatic rings. The molecule has 0 aromatic carbocycles. The van der Waals surface area contributed by atoms with Crippen molar-refractivity contribution in [2.24, 2.45) is 0 Å². The second kappa shape index (κ2) is 4.67. The Bertz CT molecular complexity index is 491. The predicted octanol–water partition coefficient (Wildman–Crippen LogP) is 0.645. The second-order valence-corrected chi connectivity index (χ2v) is 4.25. The number of fused-ring (bicyclic) bond motifs is 1. The monoisotopic (exact) mass is 233 g/mol. The standard InChI is InChI=1S/C11H15N5O/c1-2-4-12-9(3-1)7-17-11-10-15-14-8-16(10)6-5-13-11/h5-6,8-9,12H,1-4,7H2. The lowest BCUT2D eigenvalue weighted by molar-refractivity contribution is 0.233. The first-order valence-electron chi connectivity index (χ1n) is 5.94. The molecule has 1 aliphatic heterocycles. The fourth-order valence-corrected chi connectivity index (χ4v) is 2.08. The van der Waals surface area contributed by atoms with Crippen molar-refractivity contribution in [3.05, 3.63) is 18.7 Å². The van der Waals surface area contributed by atoms with Gasteiger partial charge in [0.25, 0.3) is 5.88 Å². The van der Waals surface area contributed by atoms with Crippen molar-refractivity contribution in [3.63, 3.8) is 0 Å². The van der Waals surface area contributed by atoms with Crippen LogP contribution in [-0.2, 0) is 0 Å². The first-order valence-corrected chi connectivity index (χ1v) is 5.94. The van der Waals surface area contributed by atoms with Crippen LogP contribution in [0.15, 0.2) is 18.7 Å². The number of hydrogen-bond acceptors (Lipinski definition) is 5. The summed E-state index contributed by atoms with van der Waals surface area (Å²) < 4.78 is 7.52. The molecule has 1 aliphatic rings. The first-order chi connectivity index (χ1) is 8.43. The first kappa shape index (κ1) is 10.5. The largest absolute Gasteiger partial charge is 0.473 e. The third-order valence-corrected chi connectivity index (χ3v) is 3.02. The third-order valence-electron chi connectivity index (χ3n) is 3.02. The van der Waals surface area contributed by atoms with Crippen LogP contribution in [-0.4, -0.2) is 38.8 Å². The van der Waals surface area contributed by atoms with Crippen LogP contribution in [0.4, 0.5) is 0 Å². The summed E-state index contributed by atoms with van der Waals surface area (Å²) in [6.07, 6.45) is 8.83. The molecular weight excluding hydrogens is 218 g/mol. The minimum Gasteiger partial charge on any atom is -0.473 e. The van der Waals surface area contributed by atoms with E-state index in [0.29, 0.717) is 24.2 Å². The maximum Gasteiger partial charge on any atom is 0.260 e. The Labute approximate surface area is 99.0 Å². The van der Waals surface area contributed by atoms with E-state index < -0.39 is 0 Å². The van der Waals surface area contributed by atoms with Gasteiger partial charge in [0.2, 0.25) is 5.65 Å². The quantitative estimate of drug-likeness (QED) is 0.843. The van der Waals surface area contributed by atoms with Crippen LogP contribution in [0.25, 0.3) is 5.65 Å². The molecule has 90 valence electrons. The molecule has 0 spiro atoms. The number of piperidine rings is 1. The molecule has 1 unspecified atom stereocenters. The summed E-state index contributed by atoms with van der Waals surface area (Å²) in [5.41, 5.74) is 0.670. The van der Waals surface area contributed by atoms with Gasteiger partial charge in [-0.15, -0.1) is 10.2 Å². The smallest absolute Gasteiger partial charge is 0.260 e. The van der Waals surface area contributed by atoms with E-state index in [9.17, 15) is 0 Å². The zero-order chi connectivity index (χ0) is 11.5. The van der Waals surface area contributed by atoms with Gasteiger partial charge >= 0.3 is 0 Å². The van der Waals surface area contributed by atoms with E-state index >= 15 is 0 Å². The van der Waals surface area contributed by atoms with E-state index in [1.165, 1.54) is 12.8 Å². The zero-order valence-electron chi connectivity index (χ0n) is 9.54.